The van der Waals surface area contributed by atoms with Crippen LogP contribution >= 0.6 is 0 Å². The van der Waals surface area contributed by atoms with Crippen LogP contribution in [0.5, 0.6) is 69.0 Å². The van der Waals surface area contributed by atoms with E-state index in [1.807, 2.05) is 76.2 Å². The van der Waals surface area contributed by atoms with Gasteiger partial charge in [0, 0.05) is 11.1 Å². The van der Waals surface area contributed by atoms with Gasteiger partial charge in [-0.1, -0.05) is 96.1 Å². The molecule has 522 valence electrons. The molecule has 0 fully saturated rings. The summed E-state index contributed by atoms with van der Waals surface area (Å²) in [6, 6.07) is 49.9. The number of rotatable bonds is 25. The molecule has 0 aromatic heterocycles. The molecule has 0 bridgehead atoms. The summed E-state index contributed by atoms with van der Waals surface area (Å²) in [4.78, 5) is 0. The second-order valence-corrected chi connectivity index (χ2v) is 24.5. The third-order valence-electron chi connectivity index (χ3n) is 15.5. The summed E-state index contributed by atoms with van der Waals surface area (Å²) in [5.41, 5.74) is 11.5. The molecule has 0 atom stereocenters. The average Bonchev–Trinajstić information content (AvgIpc) is 0.772. The fraction of sp³-hybridized carbons (Fsp3) is 0.200. The van der Waals surface area contributed by atoms with Gasteiger partial charge in [-0.2, -0.15) is 8.42 Å². The second-order valence-electron chi connectivity index (χ2n) is 22.9. The lowest BCUT2D eigenvalue weighted by atomic mass is 9.91. The standard InChI is InChI=1S/C27H29FO7S.C27H23FO4.C26H27FO5/c1-17(2)13-14-34-22-12-9-19(15-23(22)31-3)25-24(32-4)16-21(18-7-10-20(28)11-8-18)26(33-5)27(25)35-36(6,29)30;28-26-14-20(8-11-27(26)32-17-18-4-2-1-3-5-18)25-13-21(15-29)24(12-22(25)16-30)19-6-9-23(31)10-7-19;1-16(2)12-13-32-21-11-8-18(14-22(21)29-3)24-23(30-4)15-20(26(31-5)25(24)28)17-6-9-19(27)10-7-17/h7-13,15-16H,14H2,1-6H3;1-14,29-31H,15-17H2;6-12,14-15,28H,13H2,1-5H3. The Bertz CT molecular complexity index is 4610. The van der Waals surface area contributed by atoms with Gasteiger partial charge in [-0.15, -0.1) is 0 Å². The van der Waals surface area contributed by atoms with Crippen LogP contribution in [0.3, 0.4) is 0 Å². The Morgan fingerprint density at radius 3 is 1.28 bits per heavy atom. The SMILES string of the molecule is COc1cc(-c2c(OC)cc(-c3ccc(F)cc3)c(OC)c2O)ccc1OCC=C(C)C.COc1cc(-c2c(OC)cc(-c3ccc(F)cc3)c(OC)c2OS(C)(=O)=O)ccc1OCC=C(C)C.OCc1cc(-c2ccc(OCc3ccccc3)c(F)c2)c(CO)cc1-c1ccc(O)cc1. The molecular weight excluding hydrogens is 1310 g/mol. The zero-order chi connectivity index (χ0) is 72.2. The largest absolute Gasteiger partial charge is 0.508 e. The first-order valence-electron chi connectivity index (χ1n) is 31.3. The zero-order valence-corrected chi connectivity index (χ0v) is 58.1. The number of hydrogen-bond donors (Lipinski definition) is 4. The third-order valence-corrected chi connectivity index (χ3v) is 16.0. The number of phenolic OH excluding ortho intramolecular Hbond substituents is 2. The van der Waals surface area contributed by atoms with Crippen LogP contribution in [-0.2, 0) is 29.9 Å². The van der Waals surface area contributed by atoms with Gasteiger partial charge in [-0.3, -0.25) is 0 Å². The lowest BCUT2D eigenvalue weighted by Crippen LogP contribution is -2.09. The normalized spacial score (nSPS) is 10.8. The van der Waals surface area contributed by atoms with Crippen molar-refractivity contribution in [3.63, 3.8) is 0 Å². The molecule has 20 heteroatoms. The molecule has 0 spiro atoms. The number of ether oxygens (including phenoxy) is 9. The second kappa shape index (κ2) is 34.9. The van der Waals surface area contributed by atoms with E-state index in [9.17, 15) is 42.0 Å². The minimum absolute atomic E-state index is 0.0704. The molecule has 0 unspecified atom stereocenters. The minimum atomic E-state index is -3.97. The Morgan fingerprint density at radius 2 is 0.830 bits per heavy atom. The van der Waals surface area contributed by atoms with Crippen LogP contribution in [-0.4, -0.2) is 91.0 Å². The van der Waals surface area contributed by atoms with Crippen molar-refractivity contribution in [2.45, 2.75) is 47.5 Å². The van der Waals surface area contributed by atoms with Gasteiger partial charge in [0.15, 0.2) is 57.6 Å². The topological polar surface area (TPSA) is 207 Å². The predicted octanol–water partition coefficient (Wildman–Crippen LogP) is 17.5. The van der Waals surface area contributed by atoms with Gasteiger partial charge in [0.05, 0.1) is 73.3 Å². The van der Waals surface area contributed by atoms with E-state index in [1.165, 1.54) is 65.9 Å². The van der Waals surface area contributed by atoms with Crippen LogP contribution in [0.15, 0.2) is 205 Å². The molecular formula is C80H79F3O16S. The van der Waals surface area contributed by atoms with Gasteiger partial charge in [0.1, 0.15) is 48.7 Å². The van der Waals surface area contributed by atoms with Crippen molar-refractivity contribution >= 4 is 10.1 Å². The average molecular weight is 1390 g/mol. The maximum Gasteiger partial charge on any atom is 0.306 e. The van der Waals surface area contributed by atoms with Gasteiger partial charge in [0.25, 0.3) is 0 Å². The molecule has 0 heterocycles. The van der Waals surface area contributed by atoms with Crippen LogP contribution < -0.4 is 46.8 Å². The smallest absolute Gasteiger partial charge is 0.306 e. The third kappa shape index (κ3) is 19.0. The van der Waals surface area contributed by atoms with Crippen LogP contribution in [0.2, 0.25) is 0 Å². The molecule has 0 aliphatic carbocycles. The molecule has 0 saturated heterocycles. The van der Waals surface area contributed by atoms with Gasteiger partial charge in [-0.25, -0.2) is 13.2 Å². The molecule has 16 nitrogen and oxygen atoms in total. The maximum atomic E-state index is 14.8. The van der Waals surface area contributed by atoms with E-state index in [0.29, 0.717) is 114 Å². The molecule has 100 heavy (non-hydrogen) atoms. The quantitative estimate of drug-likeness (QED) is 0.0310. The van der Waals surface area contributed by atoms with Crippen molar-refractivity contribution in [2.24, 2.45) is 0 Å². The van der Waals surface area contributed by atoms with E-state index in [2.05, 4.69) is 0 Å². The minimum Gasteiger partial charge on any atom is -0.508 e. The van der Waals surface area contributed by atoms with Gasteiger partial charge in [-0.05, 0) is 198 Å². The summed E-state index contributed by atoms with van der Waals surface area (Å²) in [7, 11) is 4.94. The van der Waals surface area contributed by atoms with E-state index in [0.717, 1.165) is 34.1 Å². The molecule has 0 saturated carbocycles. The molecule has 0 aliphatic rings. The Kier molecular flexibility index (Phi) is 26.1. The van der Waals surface area contributed by atoms with E-state index in [1.54, 1.807) is 122 Å². The van der Waals surface area contributed by atoms with Crippen molar-refractivity contribution in [1.29, 1.82) is 0 Å². The number of hydrogen-bond acceptors (Lipinski definition) is 16. The summed E-state index contributed by atoms with van der Waals surface area (Å²) in [5.74, 6) is 2.07. The first-order valence-corrected chi connectivity index (χ1v) is 33.1. The van der Waals surface area contributed by atoms with E-state index < -0.39 is 21.8 Å². The highest BCUT2D eigenvalue weighted by Gasteiger charge is 2.28. The summed E-state index contributed by atoms with van der Waals surface area (Å²) in [5, 5.41) is 40.6. The number of phenols is 2. The molecule has 0 aliphatic heterocycles. The molecule has 10 aromatic rings. The van der Waals surface area contributed by atoms with Crippen LogP contribution in [0, 0.1) is 17.5 Å². The molecule has 0 amide bonds. The van der Waals surface area contributed by atoms with Crippen LogP contribution in [0.4, 0.5) is 13.2 Å². The highest BCUT2D eigenvalue weighted by Crippen LogP contribution is 2.53. The molecule has 4 N–H and O–H groups in total. The Balaban J connectivity index is 0.000000191. The van der Waals surface area contributed by atoms with Gasteiger partial charge < -0.3 is 67.2 Å². The first-order chi connectivity index (χ1) is 48.0. The molecule has 0 radical (unpaired) electrons. The Hall–Kier alpha value is -11.1. The summed E-state index contributed by atoms with van der Waals surface area (Å²) >= 11 is 0. The number of methoxy groups -OCH3 is 6. The number of aliphatic hydroxyl groups is 2. The van der Waals surface area contributed by atoms with Gasteiger partial charge >= 0.3 is 10.1 Å². The summed E-state index contributed by atoms with van der Waals surface area (Å²) in [6.45, 7) is 8.52. The predicted molar refractivity (Wildman–Crippen MR) is 382 cm³/mol. The lowest BCUT2D eigenvalue weighted by Gasteiger charge is -2.21. The Labute approximate surface area is 581 Å². The van der Waals surface area contributed by atoms with E-state index in [4.69, 9.17) is 46.8 Å². The molecule has 10 rings (SSSR count). The number of aromatic hydroxyl groups is 2. The number of benzene rings is 10. The number of halogens is 3. The van der Waals surface area contributed by atoms with E-state index in [-0.39, 0.29) is 60.1 Å². The van der Waals surface area contributed by atoms with Crippen LogP contribution in [0.25, 0.3) is 66.8 Å². The highest BCUT2D eigenvalue weighted by atomic mass is 32.2. The Morgan fingerprint density at radius 1 is 0.410 bits per heavy atom. The lowest BCUT2D eigenvalue weighted by molar-refractivity contribution is 0.279. The first kappa shape index (κ1) is 74.7. The van der Waals surface area contributed by atoms with Crippen molar-refractivity contribution in [3.8, 4) is 136 Å². The monoisotopic (exact) mass is 1380 g/mol. The van der Waals surface area contributed by atoms with E-state index >= 15 is 0 Å². The highest BCUT2D eigenvalue weighted by molar-refractivity contribution is 7.86. The fourth-order valence-corrected chi connectivity index (χ4v) is 11.0. The molecule has 10 aromatic carbocycles. The zero-order valence-electron chi connectivity index (χ0n) is 57.2. The van der Waals surface area contributed by atoms with Crippen LogP contribution in [0.1, 0.15) is 44.4 Å². The fourth-order valence-electron chi connectivity index (χ4n) is 10.6. The number of aliphatic hydroxyl groups excluding tert-OH is 2. The van der Waals surface area contributed by atoms with Crippen molar-refractivity contribution in [2.75, 3.05) is 62.1 Å². The summed E-state index contributed by atoms with van der Waals surface area (Å²) < 4.78 is 122. The van der Waals surface area contributed by atoms with Crippen molar-refractivity contribution < 1.29 is 88.8 Å². The maximum absolute atomic E-state index is 14.8. The van der Waals surface area contributed by atoms with Gasteiger partial charge in [0.2, 0.25) is 0 Å². The van der Waals surface area contributed by atoms with Crippen molar-refractivity contribution in [1.82, 2.24) is 0 Å². The number of allylic oxidation sites excluding steroid dienone is 2. The summed E-state index contributed by atoms with van der Waals surface area (Å²) in [6.07, 6.45) is 4.85. The van der Waals surface area contributed by atoms with Crippen molar-refractivity contribution in [3.05, 3.63) is 239 Å².